The van der Waals surface area contributed by atoms with Crippen molar-refractivity contribution >= 4 is 40.1 Å². The van der Waals surface area contributed by atoms with Crippen LogP contribution in [-0.4, -0.2) is 53.5 Å². The Kier molecular flexibility index (Phi) is 5.49. The van der Waals surface area contributed by atoms with Gasteiger partial charge in [-0.25, -0.2) is 9.78 Å². The van der Waals surface area contributed by atoms with E-state index in [1.807, 2.05) is 43.3 Å². The van der Waals surface area contributed by atoms with Crippen LogP contribution in [0.3, 0.4) is 0 Å². The van der Waals surface area contributed by atoms with Gasteiger partial charge in [0, 0.05) is 37.7 Å². The quantitative estimate of drug-likeness (QED) is 0.428. The van der Waals surface area contributed by atoms with Gasteiger partial charge in [0.2, 0.25) is 0 Å². The van der Waals surface area contributed by atoms with Crippen molar-refractivity contribution in [1.82, 2.24) is 14.3 Å². The summed E-state index contributed by atoms with van der Waals surface area (Å²) in [4.78, 5) is 22.2. The SMILES string of the molecule is COC(=O)c1c(C)cc(N2CCN(Cc3ccc(Cl)cc3)CC2)n2c1nc1ccccc12. The standard InChI is InChI=1S/C25H25ClN4O2/c1-17-15-22(29-13-11-28(12-14-29)16-18-7-9-19(26)10-8-18)30-21-6-4-3-5-20(21)27-24(30)23(17)25(31)32-2/h3-10,15H,11-14,16H2,1-2H3. The molecule has 1 aliphatic heterocycles. The van der Waals surface area contributed by atoms with Gasteiger partial charge in [0.25, 0.3) is 0 Å². The number of methoxy groups -OCH3 is 1. The molecule has 0 saturated carbocycles. The van der Waals surface area contributed by atoms with E-state index in [9.17, 15) is 4.79 Å². The van der Waals surface area contributed by atoms with E-state index in [2.05, 4.69) is 32.4 Å². The molecule has 4 aromatic rings. The summed E-state index contributed by atoms with van der Waals surface area (Å²) < 4.78 is 7.16. The molecule has 0 bridgehead atoms. The molecule has 0 amide bonds. The number of aromatic nitrogens is 2. The molecular formula is C25H25ClN4O2. The summed E-state index contributed by atoms with van der Waals surface area (Å²) >= 11 is 6.02. The van der Waals surface area contributed by atoms with Crippen molar-refractivity contribution in [2.75, 3.05) is 38.2 Å². The highest BCUT2D eigenvalue weighted by Crippen LogP contribution is 2.30. The van der Waals surface area contributed by atoms with Crippen molar-refractivity contribution in [2.45, 2.75) is 13.5 Å². The smallest absolute Gasteiger partial charge is 0.341 e. The molecule has 0 spiro atoms. The molecule has 2 aromatic heterocycles. The van der Waals surface area contributed by atoms with Gasteiger partial charge in [0.15, 0.2) is 5.65 Å². The van der Waals surface area contributed by atoms with Crippen LogP contribution in [0, 0.1) is 6.92 Å². The maximum absolute atomic E-state index is 12.5. The normalized spacial score (nSPS) is 14.9. The van der Waals surface area contributed by atoms with Crippen molar-refractivity contribution in [2.24, 2.45) is 0 Å². The first-order chi connectivity index (χ1) is 15.5. The van der Waals surface area contributed by atoms with Crippen LogP contribution in [-0.2, 0) is 11.3 Å². The molecule has 3 heterocycles. The molecule has 1 fully saturated rings. The van der Waals surface area contributed by atoms with Crippen molar-refractivity contribution in [3.05, 3.63) is 76.3 Å². The number of carbonyl (C=O) groups is 1. The van der Waals surface area contributed by atoms with Crippen LogP contribution in [0.1, 0.15) is 21.5 Å². The number of rotatable bonds is 4. The van der Waals surface area contributed by atoms with Crippen LogP contribution in [0.2, 0.25) is 5.02 Å². The third-order valence-electron chi connectivity index (χ3n) is 6.16. The second kappa shape index (κ2) is 8.45. The number of imidazole rings is 1. The highest BCUT2D eigenvalue weighted by atomic mass is 35.5. The van der Waals surface area contributed by atoms with Gasteiger partial charge in [-0.05, 0) is 48.4 Å². The van der Waals surface area contributed by atoms with Crippen molar-refractivity contribution in [3.8, 4) is 0 Å². The zero-order valence-corrected chi connectivity index (χ0v) is 19.0. The Morgan fingerprint density at radius 2 is 1.78 bits per heavy atom. The highest BCUT2D eigenvalue weighted by molar-refractivity contribution is 6.30. The molecule has 0 radical (unpaired) electrons. The van der Waals surface area contributed by atoms with E-state index in [-0.39, 0.29) is 5.97 Å². The fourth-order valence-electron chi connectivity index (χ4n) is 4.50. The number of pyridine rings is 1. The van der Waals surface area contributed by atoms with Crippen LogP contribution in [0.4, 0.5) is 5.82 Å². The predicted molar refractivity (Wildman–Crippen MR) is 128 cm³/mol. The number of nitrogens with zero attached hydrogens (tertiary/aromatic N) is 4. The number of para-hydroxylation sites is 2. The fourth-order valence-corrected chi connectivity index (χ4v) is 4.63. The van der Waals surface area contributed by atoms with Crippen LogP contribution >= 0.6 is 11.6 Å². The Morgan fingerprint density at radius 3 is 2.50 bits per heavy atom. The minimum Gasteiger partial charge on any atom is -0.465 e. The van der Waals surface area contributed by atoms with Gasteiger partial charge in [-0.2, -0.15) is 0 Å². The molecule has 32 heavy (non-hydrogen) atoms. The van der Waals surface area contributed by atoms with Crippen LogP contribution in [0.15, 0.2) is 54.6 Å². The maximum atomic E-state index is 12.5. The van der Waals surface area contributed by atoms with E-state index in [0.717, 1.165) is 60.2 Å². The summed E-state index contributed by atoms with van der Waals surface area (Å²) in [5, 5.41) is 0.765. The zero-order chi connectivity index (χ0) is 22.2. The van der Waals surface area contributed by atoms with Gasteiger partial charge in [-0.15, -0.1) is 0 Å². The first-order valence-corrected chi connectivity index (χ1v) is 11.1. The Bertz CT molecular complexity index is 1290. The maximum Gasteiger partial charge on any atom is 0.341 e. The number of esters is 1. The topological polar surface area (TPSA) is 50.1 Å². The minimum absolute atomic E-state index is 0.359. The van der Waals surface area contributed by atoms with Gasteiger partial charge in [0.1, 0.15) is 11.4 Å². The average Bonchev–Trinajstić information content (AvgIpc) is 3.19. The van der Waals surface area contributed by atoms with Crippen LogP contribution in [0.25, 0.3) is 16.7 Å². The number of carbonyl (C=O) groups excluding carboxylic acids is 1. The molecule has 1 aliphatic rings. The Labute approximate surface area is 192 Å². The summed E-state index contributed by atoms with van der Waals surface area (Å²) in [6.07, 6.45) is 0. The van der Waals surface area contributed by atoms with Crippen molar-refractivity contribution in [3.63, 3.8) is 0 Å². The van der Waals surface area contributed by atoms with E-state index >= 15 is 0 Å². The van der Waals surface area contributed by atoms with Gasteiger partial charge in [-0.1, -0.05) is 35.9 Å². The first kappa shape index (κ1) is 20.8. The molecule has 0 N–H and O–H groups in total. The summed E-state index contributed by atoms with van der Waals surface area (Å²) in [6.45, 7) is 6.56. The van der Waals surface area contributed by atoms with Gasteiger partial charge < -0.3 is 9.64 Å². The third kappa shape index (κ3) is 3.70. The largest absolute Gasteiger partial charge is 0.465 e. The summed E-state index contributed by atoms with van der Waals surface area (Å²) in [5.74, 6) is 0.701. The predicted octanol–water partition coefficient (Wildman–Crippen LogP) is 4.56. The van der Waals surface area contributed by atoms with Gasteiger partial charge in [-0.3, -0.25) is 9.30 Å². The number of anilines is 1. The van der Waals surface area contributed by atoms with Crippen molar-refractivity contribution < 1.29 is 9.53 Å². The van der Waals surface area contributed by atoms with E-state index in [1.165, 1.54) is 12.7 Å². The number of piperazine rings is 1. The summed E-state index contributed by atoms with van der Waals surface area (Å²) in [5.41, 5.74) is 5.17. The monoisotopic (exact) mass is 448 g/mol. The molecule has 6 nitrogen and oxygen atoms in total. The Hall–Kier alpha value is -3.09. The number of hydrogen-bond acceptors (Lipinski definition) is 5. The van der Waals surface area contributed by atoms with E-state index < -0.39 is 0 Å². The highest BCUT2D eigenvalue weighted by Gasteiger charge is 2.25. The molecular weight excluding hydrogens is 424 g/mol. The third-order valence-corrected chi connectivity index (χ3v) is 6.41. The van der Waals surface area contributed by atoms with E-state index in [4.69, 9.17) is 21.3 Å². The molecule has 2 aromatic carbocycles. The number of ether oxygens (including phenoxy) is 1. The van der Waals surface area contributed by atoms with Crippen LogP contribution in [0.5, 0.6) is 0 Å². The molecule has 0 aliphatic carbocycles. The molecule has 7 heteroatoms. The number of fused-ring (bicyclic) bond motifs is 3. The molecule has 1 saturated heterocycles. The van der Waals surface area contributed by atoms with E-state index in [0.29, 0.717) is 11.2 Å². The molecule has 5 rings (SSSR count). The summed E-state index contributed by atoms with van der Waals surface area (Å²) in [7, 11) is 1.41. The Balaban J connectivity index is 1.48. The van der Waals surface area contributed by atoms with Gasteiger partial charge in [0.05, 0.1) is 18.1 Å². The minimum atomic E-state index is -0.359. The lowest BCUT2D eigenvalue weighted by Crippen LogP contribution is -2.46. The van der Waals surface area contributed by atoms with Crippen LogP contribution < -0.4 is 4.90 Å². The lowest BCUT2D eigenvalue weighted by atomic mass is 10.1. The second-order valence-electron chi connectivity index (χ2n) is 8.20. The summed E-state index contributed by atoms with van der Waals surface area (Å²) in [6, 6.07) is 18.1. The number of aryl methyl sites for hydroxylation is 1. The van der Waals surface area contributed by atoms with E-state index in [1.54, 1.807) is 0 Å². The Morgan fingerprint density at radius 1 is 1.06 bits per heavy atom. The molecule has 164 valence electrons. The zero-order valence-electron chi connectivity index (χ0n) is 18.2. The number of benzene rings is 2. The second-order valence-corrected chi connectivity index (χ2v) is 8.64. The number of hydrogen-bond donors (Lipinski definition) is 0. The number of halogens is 1. The van der Waals surface area contributed by atoms with Gasteiger partial charge >= 0.3 is 5.97 Å². The lowest BCUT2D eigenvalue weighted by molar-refractivity contribution is 0.0601. The lowest BCUT2D eigenvalue weighted by Gasteiger charge is -2.36. The molecule has 0 atom stereocenters. The first-order valence-electron chi connectivity index (χ1n) is 10.8. The molecule has 0 unspecified atom stereocenters. The average molecular weight is 449 g/mol. The van der Waals surface area contributed by atoms with Crippen molar-refractivity contribution in [1.29, 1.82) is 0 Å². The fraction of sp³-hybridized carbons (Fsp3) is 0.280.